The number of aryl methyl sites for hydroxylation is 1. The Hall–Kier alpha value is -1.42. The van der Waals surface area contributed by atoms with Crippen LogP contribution in [0.4, 0.5) is 5.82 Å². The van der Waals surface area contributed by atoms with Gasteiger partial charge in [0.25, 0.3) is 0 Å². The molecule has 116 valence electrons. The maximum Gasteiger partial charge on any atom is 0.133 e. The summed E-state index contributed by atoms with van der Waals surface area (Å²) >= 11 is 0. The molecule has 21 heavy (non-hydrogen) atoms. The van der Waals surface area contributed by atoms with Gasteiger partial charge in [-0.05, 0) is 20.8 Å². The monoisotopic (exact) mass is 288 g/mol. The van der Waals surface area contributed by atoms with Crippen LogP contribution in [0.15, 0.2) is 17.7 Å². The molecule has 2 rings (SSSR count). The molecule has 0 spiro atoms. The van der Waals surface area contributed by atoms with Crippen molar-refractivity contribution < 1.29 is 0 Å². The van der Waals surface area contributed by atoms with E-state index in [1.165, 1.54) is 5.57 Å². The lowest BCUT2D eigenvalue weighted by molar-refractivity contribution is 0.283. The van der Waals surface area contributed by atoms with E-state index in [2.05, 4.69) is 61.5 Å². The van der Waals surface area contributed by atoms with Crippen LogP contribution < -0.4 is 4.90 Å². The summed E-state index contributed by atoms with van der Waals surface area (Å²) in [6.07, 6.45) is 2.31. The van der Waals surface area contributed by atoms with Crippen molar-refractivity contribution in [2.75, 3.05) is 37.6 Å². The third-order valence-electron chi connectivity index (χ3n) is 3.83. The van der Waals surface area contributed by atoms with Crippen LogP contribution in [0.2, 0.25) is 0 Å². The first-order valence-corrected chi connectivity index (χ1v) is 7.92. The van der Waals surface area contributed by atoms with Crippen molar-refractivity contribution in [1.29, 1.82) is 0 Å². The number of rotatable bonds is 4. The summed E-state index contributed by atoms with van der Waals surface area (Å²) in [5.74, 6) is 2.42. The molecule has 0 N–H and O–H groups in total. The highest BCUT2D eigenvalue weighted by Crippen LogP contribution is 2.18. The molecule has 2 heterocycles. The van der Waals surface area contributed by atoms with E-state index < -0.39 is 0 Å². The Bertz CT molecular complexity index is 496. The average molecular weight is 288 g/mol. The molecular weight excluding hydrogens is 260 g/mol. The zero-order valence-corrected chi connectivity index (χ0v) is 14.1. The molecule has 1 aliphatic heterocycles. The zero-order valence-electron chi connectivity index (χ0n) is 14.1. The average Bonchev–Trinajstić information content (AvgIpc) is 2.45. The first-order valence-electron chi connectivity index (χ1n) is 7.92. The highest BCUT2D eigenvalue weighted by Gasteiger charge is 2.18. The lowest BCUT2D eigenvalue weighted by atomic mass is 10.2. The highest BCUT2D eigenvalue weighted by molar-refractivity contribution is 5.40. The summed E-state index contributed by atoms with van der Waals surface area (Å²) in [6, 6.07) is 2.11. The number of hydrogen-bond donors (Lipinski definition) is 0. The lowest BCUT2D eigenvalue weighted by Crippen LogP contribution is -2.46. The van der Waals surface area contributed by atoms with Crippen molar-refractivity contribution in [3.63, 3.8) is 0 Å². The van der Waals surface area contributed by atoms with Gasteiger partial charge in [-0.1, -0.05) is 25.5 Å². The second-order valence-electron chi connectivity index (χ2n) is 6.45. The standard InChI is InChI=1S/C17H28N4/c1-13(2)6-7-20-8-10-21(11-9-20)16-12-15(5)18-17(19-16)14(3)4/h6,12,14H,7-11H2,1-5H3. The lowest BCUT2D eigenvalue weighted by Gasteiger charge is -2.35. The smallest absolute Gasteiger partial charge is 0.133 e. The Kier molecular flexibility index (Phi) is 5.34. The van der Waals surface area contributed by atoms with Gasteiger partial charge in [0.05, 0.1) is 0 Å². The van der Waals surface area contributed by atoms with E-state index in [1.807, 2.05) is 0 Å². The fourth-order valence-electron chi connectivity index (χ4n) is 2.47. The van der Waals surface area contributed by atoms with Crippen molar-refractivity contribution in [3.8, 4) is 0 Å². The molecule has 1 saturated heterocycles. The summed E-state index contributed by atoms with van der Waals surface area (Å²) in [6.45, 7) is 16.0. The molecule has 0 aromatic carbocycles. The number of nitrogens with zero attached hydrogens (tertiary/aromatic N) is 4. The van der Waals surface area contributed by atoms with Gasteiger partial charge in [0.1, 0.15) is 11.6 Å². The summed E-state index contributed by atoms with van der Waals surface area (Å²) < 4.78 is 0. The maximum absolute atomic E-state index is 4.74. The fraction of sp³-hybridized carbons (Fsp3) is 0.647. The quantitative estimate of drug-likeness (QED) is 0.797. The summed E-state index contributed by atoms with van der Waals surface area (Å²) in [4.78, 5) is 14.2. The van der Waals surface area contributed by atoms with Crippen LogP contribution >= 0.6 is 0 Å². The highest BCUT2D eigenvalue weighted by atomic mass is 15.3. The van der Waals surface area contributed by atoms with Crippen LogP contribution in [0.25, 0.3) is 0 Å². The third-order valence-corrected chi connectivity index (χ3v) is 3.83. The Morgan fingerprint density at radius 2 is 1.86 bits per heavy atom. The van der Waals surface area contributed by atoms with Gasteiger partial charge in [-0.3, -0.25) is 4.90 Å². The Balaban J connectivity index is 2.00. The first kappa shape index (κ1) is 16.0. The molecule has 1 fully saturated rings. The minimum absolute atomic E-state index is 0.377. The van der Waals surface area contributed by atoms with Gasteiger partial charge in [-0.25, -0.2) is 9.97 Å². The molecule has 1 aromatic heterocycles. The number of anilines is 1. The third kappa shape index (κ3) is 4.53. The van der Waals surface area contributed by atoms with Gasteiger partial charge in [0.2, 0.25) is 0 Å². The van der Waals surface area contributed by atoms with E-state index in [9.17, 15) is 0 Å². The number of piperazine rings is 1. The zero-order chi connectivity index (χ0) is 15.4. The molecule has 0 amide bonds. The Labute approximate surface area is 128 Å². The molecule has 0 saturated carbocycles. The Morgan fingerprint density at radius 1 is 1.19 bits per heavy atom. The normalized spacial score (nSPS) is 16.4. The second kappa shape index (κ2) is 7.03. The van der Waals surface area contributed by atoms with Crippen molar-refractivity contribution in [2.45, 2.75) is 40.5 Å². The maximum atomic E-state index is 4.74. The van der Waals surface area contributed by atoms with Gasteiger partial charge in [0, 0.05) is 50.4 Å². The van der Waals surface area contributed by atoms with Crippen molar-refractivity contribution in [2.24, 2.45) is 0 Å². The second-order valence-corrected chi connectivity index (χ2v) is 6.45. The molecule has 0 unspecified atom stereocenters. The molecule has 0 aliphatic carbocycles. The number of allylic oxidation sites excluding steroid dienone is 1. The number of aromatic nitrogens is 2. The molecule has 1 aromatic rings. The summed E-state index contributed by atoms with van der Waals surface area (Å²) in [5, 5.41) is 0. The number of hydrogen-bond acceptors (Lipinski definition) is 4. The van der Waals surface area contributed by atoms with Crippen LogP contribution in [0.1, 0.15) is 45.1 Å². The van der Waals surface area contributed by atoms with E-state index in [1.54, 1.807) is 0 Å². The Morgan fingerprint density at radius 3 is 2.43 bits per heavy atom. The summed E-state index contributed by atoms with van der Waals surface area (Å²) in [5.41, 5.74) is 2.46. The van der Waals surface area contributed by atoms with Crippen LogP contribution in [-0.4, -0.2) is 47.6 Å². The molecule has 4 nitrogen and oxygen atoms in total. The van der Waals surface area contributed by atoms with Crippen molar-refractivity contribution in [3.05, 3.63) is 29.2 Å². The van der Waals surface area contributed by atoms with E-state index >= 15 is 0 Å². The SMILES string of the molecule is CC(C)=CCN1CCN(c2cc(C)nc(C(C)C)n2)CC1. The van der Waals surface area contributed by atoms with Gasteiger partial charge in [0.15, 0.2) is 0 Å². The minimum Gasteiger partial charge on any atom is -0.354 e. The molecule has 0 radical (unpaired) electrons. The predicted octanol–water partition coefficient (Wildman–Crippen LogP) is 3.00. The fourth-order valence-corrected chi connectivity index (χ4v) is 2.47. The molecule has 0 atom stereocenters. The van der Waals surface area contributed by atoms with Crippen LogP contribution in [0.3, 0.4) is 0 Å². The molecule has 1 aliphatic rings. The van der Waals surface area contributed by atoms with Crippen LogP contribution in [0, 0.1) is 6.92 Å². The van der Waals surface area contributed by atoms with Crippen molar-refractivity contribution in [1.82, 2.24) is 14.9 Å². The molecular formula is C17H28N4. The van der Waals surface area contributed by atoms with Crippen LogP contribution in [0.5, 0.6) is 0 Å². The summed E-state index contributed by atoms with van der Waals surface area (Å²) in [7, 11) is 0. The van der Waals surface area contributed by atoms with Gasteiger partial charge < -0.3 is 4.90 Å². The van der Waals surface area contributed by atoms with Gasteiger partial charge in [-0.15, -0.1) is 0 Å². The molecule has 0 bridgehead atoms. The largest absolute Gasteiger partial charge is 0.354 e. The van der Waals surface area contributed by atoms with Crippen LogP contribution in [-0.2, 0) is 0 Å². The van der Waals surface area contributed by atoms with E-state index in [-0.39, 0.29) is 0 Å². The minimum atomic E-state index is 0.377. The molecule has 4 heteroatoms. The van der Waals surface area contributed by atoms with Crippen molar-refractivity contribution >= 4 is 5.82 Å². The van der Waals surface area contributed by atoms with E-state index in [4.69, 9.17) is 4.98 Å². The predicted molar refractivity (Wildman–Crippen MR) is 88.9 cm³/mol. The first-order chi connectivity index (χ1) is 9.95. The van der Waals surface area contributed by atoms with E-state index in [0.29, 0.717) is 5.92 Å². The topological polar surface area (TPSA) is 32.3 Å². The van der Waals surface area contributed by atoms with E-state index in [0.717, 1.165) is 50.1 Å². The van der Waals surface area contributed by atoms with Gasteiger partial charge in [-0.2, -0.15) is 0 Å². The van der Waals surface area contributed by atoms with Gasteiger partial charge >= 0.3 is 0 Å².